The van der Waals surface area contributed by atoms with Crippen LogP contribution in [0.2, 0.25) is 0 Å². The van der Waals surface area contributed by atoms with E-state index in [0.29, 0.717) is 23.7 Å². The number of anilines is 1. The van der Waals surface area contributed by atoms with Crippen molar-refractivity contribution in [1.82, 2.24) is 4.90 Å². The molecule has 1 fully saturated rings. The Morgan fingerprint density at radius 2 is 2.00 bits per heavy atom. The van der Waals surface area contributed by atoms with Gasteiger partial charge in [-0.05, 0) is 12.1 Å². The second-order valence-electron chi connectivity index (χ2n) is 5.18. The summed E-state index contributed by atoms with van der Waals surface area (Å²) in [4.78, 5) is 27.4. The van der Waals surface area contributed by atoms with E-state index >= 15 is 0 Å². The van der Waals surface area contributed by atoms with Crippen LogP contribution < -0.4 is 14.4 Å². The average molecular weight is 292 g/mol. The molecule has 1 aliphatic rings. The highest BCUT2D eigenvalue weighted by Gasteiger charge is 2.37. The number of hydrogen-bond acceptors (Lipinski definition) is 4. The SMILES string of the molecule is COc1ccc(OC)c(N2C[C@@H](C(=O)N(C)C)CC2=O)c1. The molecular formula is C15H20N2O4. The van der Waals surface area contributed by atoms with Crippen LogP contribution in [0.5, 0.6) is 11.5 Å². The minimum absolute atomic E-state index is 0.0345. The number of rotatable bonds is 4. The van der Waals surface area contributed by atoms with Gasteiger partial charge in [-0.2, -0.15) is 0 Å². The average Bonchev–Trinajstić information content (AvgIpc) is 2.87. The minimum atomic E-state index is -0.316. The summed E-state index contributed by atoms with van der Waals surface area (Å²) in [6.45, 7) is 0.360. The summed E-state index contributed by atoms with van der Waals surface area (Å²) in [6.07, 6.45) is 0.220. The van der Waals surface area contributed by atoms with Crippen LogP contribution in [-0.2, 0) is 9.59 Å². The van der Waals surface area contributed by atoms with Gasteiger partial charge < -0.3 is 19.3 Å². The molecule has 0 unspecified atom stereocenters. The Morgan fingerprint density at radius 1 is 1.29 bits per heavy atom. The lowest BCUT2D eigenvalue weighted by Crippen LogP contribution is -2.32. The van der Waals surface area contributed by atoms with E-state index in [1.165, 1.54) is 4.90 Å². The Labute approximate surface area is 124 Å². The third-order valence-corrected chi connectivity index (χ3v) is 3.59. The predicted molar refractivity (Wildman–Crippen MR) is 78.7 cm³/mol. The van der Waals surface area contributed by atoms with Crippen molar-refractivity contribution in [2.24, 2.45) is 5.92 Å². The van der Waals surface area contributed by atoms with Crippen molar-refractivity contribution in [2.45, 2.75) is 6.42 Å². The quantitative estimate of drug-likeness (QED) is 0.835. The van der Waals surface area contributed by atoms with Crippen molar-refractivity contribution in [3.05, 3.63) is 18.2 Å². The summed E-state index contributed by atoms with van der Waals surface area (Å²) in [5.74, 6) is 0.793. The lowest BCUT2D eigenvalue weighted by molar-refractivity contribution is -0.133. The summed E-state index contributed by atoms with van der Waals surface area (Å²) in [6, 6.07) is 5.27. The second kappa shape index (κ2) is 6.03. The number of benzene rings is 1. The zero-order valence-electron chi connectivity index (χ0n) is 12.8. The van der Waals surface area contributed by atoms with Crippen molar-refractivity contribution in [2.75, 3.05) is 39.8 Å². The maximum Gasteiger partial charge on any atom is 0.227 e. The van der Waals surface area contributed by atoms with Crippen LogP contribution in [0.4, 0.5) is 5.69 Å². The molecule has 0 spiro atoms. The molecule has 0 N–H and O–H groups in total. The lowest BCUT2D eigenvalue weighted by Gasteiger charge is -2.21. The number of carbonyl (C=O) groups excluding carboxylic acids is 2. The first kappa shape index (κ1) is 15.2. The Kier molecular flexibility index (Phi) is 4.35. The number of ether oxygens (including phenoxy) is 2. The fourth-order valence-electron chi connectivity index (χ4n) is 2.48. The molecule has 6 heteroatoms. The van der Waals surface area contributed by atoms with Gasteiger partial charge in [0.05, 0.1) is 25.8 Å². The Hall–Kier alpha value is -2.24. The van der Waals surface area contributed by atoms with Gasteiger partial charge in [0.25, 0.3) is 0 Å². The Bertz CT molecular complexity index is 557. The van der Waals surface area contributed by atoms with Gasteiger partial charge in [-0.3, -0.25) is 9.59 Å². The molecule has 1 heterocycles. The number of hydrogen-bond donors (Lipinski definition) is 0. The second-order valence-corrected chi connectivity index (χ2v) is 5.18. The first-order chi connectivity index (χ1) is 9.97. The van der Waals surface area contributed by atoms with E-state index in [1.807, 2.05) is 0 Å². The van der Waals surface area contributed by atoms with E-state index in [4.69, 9.17) is 9.47 Å². The van der Waals surface area contributed by atoms with E-state index in [2.05, 4.69) is 0 Å². The van der Waals surface area contributed by atoms with Crippen molar-refractivity contribution in [3.8, 4) is 11.5 Å². The lowest BCUT2D eigenvalue weighted by atomic mass is 10.1. The molecule has 0 aromatic heterocycles. The molecule has 1 saturated heterocycles. The number of methoxy groups -OCH3 is 2. The van der Waals surface area contributed by atoms with Gasteiger partial charge in [0.2, 0.25) is 11.8 Å². The van der Waals surface area contributed by atoms with Crippen LogP contribution in [0.3, 0.4) is 0 Å². The van der Waals surface area contributed by atoms with Crippen molar-refractivity contribution in [3.63, 3.8) is 0 Å². The summed E-state index contributed by atoms with van der Waals surface area (Å²) in [7, 11) is 6.51. The third kappa shape index (κ3) is 2.94. The fourth-order valence-corrected chi connectivity index (χ4v) is 2.48. The molecule has 0 bridgehead atoms. The highest BCUT2D eigenvalue weighted by Crippen LogP contribution is 2.36. The van der Waals surface area contributed by atoms with Crippen molar-refractivity contribution in [1.29, 1.82) is 0 Å². The van der Waals surface area contributed by atoms with Crippen LogP contribution in [0.25, 0.3) is 0 Å². The molecule has 0 aliphatic carbocycles. The first-order valence-electron chi connectivity index (χ1n) is 6.71. The maximum absolute atomic E-state index is 12.2. The van der Waals surface area contributed by atoms with E-state index < -0.39 is 0 Å². The fraction of sp³-hybridized carbons (Fsp3) is 0.467. The van der Waals surface area contributed by atoms with Crippen LogP contribution >= 0.6 is 0 Å². The Balaban J connectivity index is 2.30. The smallest absolute Gasteiger partial charge is 0.227 e. The highest BCUT2D eigenvalue weighted by molar-refractivity contribution is 6.01. The summed E-state index contributed by atoms with van der Waals surface area (Å²) >= 11 is 0. The molecule has 0 saturated carbocycles. The first-order valence-corrected chi connectivity index (χ1v) is 6.71. The zero-order chi connectivity index (χ0) is 15.6. The normalized spacial score (nSPS) is 17.8. The van der Waals surface area contributed by atoms with Gasteiger partial charge >= 0.3 is 0 Å². The molecule has 1 aromatic rings. The van der Waals surface area contributed by atoms with E-state index in [9.17, 15) is 9.59 Å². The van der Waals surface area contributed by atoms with Crippen LogP contribution in [0, 0.1) is 5.92 Å². The van der Waals surface area contributed by atoms with Gasteiger partial charge in [0.1, 0.15) is 11.5 Å². The van der Waals surface area contributed by atoms with Crippen LogP contribution in [0.15, 0.2) is 18.2 Å². The molecule has 1 atom stereocenters. The molecular weight excluding hydrogens is 272 g/mol. The monoisotopic (exact) mass is 292 g/mol. The van der Waals surface area contributed by atoms with E-state index in [1.54, 1.807) is 51.4 Å². The number of carbonyl (C=O) groups is 2. The molecule has 1 aromatic carbocycles. The van der Waals surface area contributed by atoms with Crippen LogP contribution in [0.1, 0.15) is 6.42 Å². The predicted octanol–water partition coefficient (Wildman–Crippen LogP) is 1.14. The van der Waals surface area contributed by atoms with Crippen molar-refractivity contribution < 1.29 is 19.1 Å². The minimum Gasteiger partial charge on any atom is -0.497 e. The van der Waals surface area contributed by atoms with Gasteiger partial charge in [-0.25, -0.2) is 0 Å². The molecule has 114 valence electrons. The number of amides is 2. The molecule has 21 heavy (non-hydrogen) atoms. The summed E-state index contributed by atoms with van der Waals surface area (Å²) < 4.78 is 10.5. The number of nitrogens with zero attached hydrogens (tertiary/aromatic N) is 2. The molecule has 6 nitrogen and oxygen atoms in total. The summed E-state index contributed by atoms with van der Waals surface area (Å²) in [5, 5.41) is 0. The largest absolute Gasteiger partial charge is 0.497 e. The zero-order valence-corrected chi connectivity index (χ0v) is 12.8. The van der Waals surface area contributed by atoms with Crippen molar-refractivity contribution >= 4 is 17.5 Å². The molecule has 2 amide bonds. The van der Waals surface area contributed by atoms with Gasteiger partial charge in [-0.1, -0.05) is 0 Å². The standard InChI is InChI=1S/C15H20N2O4/c1-16(2)15(19)10-7-14(18)17(9-10)12-8-11(20-3)5-6-13(12)21-4/h5-6,8,10H,7,9H2,1-4H3/t10-/m0/s1. The van der Waals surface area contributed by atoms with E-state index in [-0.39, 0.29) is 24.2 Å². The topological polar surface area (TPSA) is 59.1 Å². The van der Waals surface area contributed by atoms with Gasteiger partial charge in [0, 0.05) is 33.1 Å². The third-order valence-electron chi connectivity index (χ3n) is 3.59. The molecule has 2 rings (SSSR count). The maximum atomic E-state index is 12.2. The Morgan fingerprint density at radius 3 is 2.57 bits per heavy atom. The van der Waals surface area contributed by atoms with Gasteiger partial charge in [-0.15, -0.1) is 0 Å². The molecule has 1 aliphatic heterocycles. The molecule has 0 radical (unpaired) electrons. The van der Waals surface area contributed by atoms with Crippen LogP contribution in [-0.4, -0.2) is 51.6 Å². The summed E-state index contributed by atoms with van der Waals surface area (Å²) in [5.41, 5.74) is 0.635. The highest BCUT2D eigenvalue weighted by atomic mass is 16.5. The van der Waals surface area contributed by atoms with E-state index in [0.717, 1.165) is 0 Å². The van der Waals surface area contributed by atoms with Gasteiger partial charge in [0.15, 0.2) is 0 Å².